The molecule has 0 spiro atoms. The summed E-state index contributed by atoms with van der Waals surface area (Å²) < 4.78 is 0. The molecule has 17 heavy (non-hydrogen) atoms. The maximum Gasteiger partial charge on any atom is 0.254 e. The van der Waals surface area contributed by atoms with Crippen molar-refractivity contribution in [1.82, 2.24) is 9.97 Å². The first-order valence-electron chi connectivity index (χ1n) is 6.52. The fourth-order valence-corrected chi connectivity index (χ4v) is 2.73. The summed E-state index contributed by atoms with van der Waals surface area (Å²) in [5.41, 5.74) is 7.41. The number of hydrogen-bond donors (Lipinski definition) is 2. The summed E-state index contributed by atoms with van der Waals surface area (Å²) in [5.74, 6) is 1.18. The number of hydrogen-bond acceptors (Lipinski definition) is 3. The number of aromatic amines is 1. The van der Waals surface area contributed by atoms with Crippen LogP contribution in [0.3, 0.4) is 0 Å². The third-order valence-electron chi connectivity index (χ3n) is 3.55. The van der Waals surface area contributed by atoms with Gasteiger partial charge >= 0.3 is 0 Å². The lowest BCUT2D eigenvalue weighted by Gasteiger charge is -2.23. The molecule has 0 saturated heterocycles. The number of nitrogens with two attached hydrogens (primary N) is 1. The zero-order chi connectivity index (χ0) is 12.3. The molecular weight excluding hydrogens is 214 g/mol. The normalized spacial score (nSPS) is 17.3. The van der Waals surface area contributed by atoms with E-state index in [4.69, 9.17) is 5.73 Å². The van der Waals surface area contributed by atoms with Gasteiger partial charge in [-0.1, -0.05) is 19.3 Å². The molecule has 94 valence electrons. The molecule has 1 aromatic heterocycles. The van der Waals surface area contributed by atoms with Crippen LogP contribution in [0.2, 0.25) is 0 Å². The van der Waals surface area contributed by atoms with Gasteiger partial charge in [-0.15, -0.1) is 0 Å². The molecule has 0 unspecified atom stereocenters. The molecule has 1 aliphatic carbocycles. The van der Waals surface area contributed by atoms with Gasteiger partial charge in [-0.2, -0.15) is 0 Å². The Morgan fingerprint density at radius 3 is 2.71 bits per heavy atom. The molecule has 1 saturated carbocycles. The van der Waals surface area contributed by atoms with E-state index in [0.29, 0.717) is 18.9 Å². The Kier molecular flexibility index (Phi) is 3.94. The van der Waals surface area contributed by atoms with Crippen LogP contribution in [-0.4, -0.2) is 16.5 Å². The summed E-state index contributed by atoms with van der Waals surface area (Å²) in [6.07, 6.45) is 6.76. The Morgan fingerprint density at radius 1 is 1.35 bits per heavy atom. The standard InChI is InChI=1S/C13H21N3O/c1-9-15-12(10-5-3-2-4-6-10)11(7-8-14)13(17)16-9/h10H,2-8,14H2,1H3,(H,15,16,17). The minimum Gasteiger partial charge on any atom is -0.330 e. The van der Waals surface area contributed by atoms with Gasteiger partial charge in [-0.05, 0) is 32.7 Å². The van der Waals surface area contributed by atoms with Crippen LogP contribution in [-0.2, 0) is 6.42 Å². The van der Waals surface area contributed by atoms with Gasteiger partial charge in [0.15, 0.2) is 0 Å². The van der Waals surface area contributed by atoms with Gasteiger partial charge < -0.3 is 10.7 Å². The number of H-pyrrole nitrogens is 1. The molecule has 0 aromatic carbocycles. The van der Waals surface area contributed by atoms with Crippen LogP contribution >= 0.6 is 0 Å². The molecule has 0 bridgehead atoms. The predicted molar refractivity (Wildman–Crippen MR) is 68.2 cm³/mol. The number of rotatable bonds is 3. The lowest BCUT2D eigenvalue weighted by Crippen LogP contribution is -2.24. The molecule has 1 aromatic rings. The maximum absolute atomic E-state index is 11.9. The van der Waals surface area contributed by atoms with Gasteiger partial charge in [-0.3, -0.25) is 4.79 Å². The molecular formula is C13H21N3O. The van der Waals surface area contributed by atoms with E-state index in [9.17, 15) is 4.79 Å². The first-order valence-corrected chi connectivity index (χ1v) is 6.52. The van der Waals surface area contributed by atoms with E-state index in [1.807, 2.05) is 6.92 Å². The highest BCUT2D eigenvalue weighted by Gasteiger charge is 2.21. The third-order valence-corrected chi connectivity index (χ3v) is 3.55. The molecule has 3 N–H and O–H groups in total. The van der Waals surface area contributed by atoms with Crippen molar-refractivity contribution in [2.75, 3.05) is 6.54 Å². The molecule has 1 aliphatic rings. The second-order valence-corrected chi connectivity index (χ2v) is 4.89. The van der Waals surface area contributed by atoms with Gasteiger partial charge in [0.05, 0.1) is 5.69 Å². The summed E-state index contributed by atoms with van der Waals surface area (Å²) in [5, 5.41) is 0. The van der Waals surface area contributed by atoms with Crippen molar-refractivity contribution in [1.29, 1.82) is 0 Å². The van der Waals surface area contributed by atoms with E-state index in [1.165, 1.54) is 19.3 Å². The lowest BCUT2D eigenvalue weighted by atomic mass is 9.84. The summed E-state index contributed by atoms with van der Waals surface area (Å²) in [4.78, 5) is 19.3. The molecule has 0 radical (unpaired) electrons. The number of aryl methyl sites for hydroxylation is 1. The Bertz CT molecular complexity index is 433. The highest BCUT2D eigenvalue weighted by Crippen LogP contribution is 2.32. The molecule has 1 fully saturated rings. The minimum atomic E-state index is 0.00326. The average molecular weight is 235 g/mol. The second kappa shape index (κ2) is 5.45. The minimum absolute atomic E-state index is 0.00326. The van der Waals surface area contributed by atoms with Crippen LogP contribution in [0.1, 0.15) is 55.1 Å². The molecule has 1 heterocycles. The van der Waals surface area contributed by atoms with Crippen LogP contribution in [0.25, 0.3) is 0 Å². The number of nitrogens with zero attached hydrogens (tertiary/aromatic N) is 1. The molecule has 0 amide bonds. The largest absolute Gasteiger partial charge is 0.330 e. The highest BCUT2D eigenvalue weighted by molar-refractivity contribution is 5.22. The van der Waals surface area contributed by atoms with E-state index in [1.54, 1.807) is 0 Å². The molecule has 2 rings (SSSR count). The number of nitrogens with one attached hydrogen (secondary N) is 1. The lowest BCUT2D eigenvalue weighted by molar-refractivity contribution is 0.432. The topological polar surface area (TPSA) is 71.8 Å². The van der Waals surface area contributed by atoms with Crippen LogP contribution in [0, 0.1) is 6.92 Å². The van der Waals surface area contributed by atoms with Crippen molar-refractivity contribution in [3.8, 4) is 0 Å². The van der Waals surface area contributed by atoms with Crippen molar-refractivity contribution in [2.24, 2.45) is 5.73 Å². The SMILES string of the molecule is Cc1nc(C2CCCCC2)c(CCN)c(=O)[nH]1. The monoisotopic (exact) mass is 235 g/mol. The smallest absolute Gasteiger partial charge is 0.254 e. The van der Waals surface area contributed by atoms with Gasteiger partial charge in [0.1, 0.15) is 5.82 Å². The molecule has 4 heteroatoms. The average Bonchev–Trinajstić information content (AvgIpc) is 2.33. The number of aromatic nitrogens is 2. The van der Waals surface area contributed by atoms with Crippen LogP contribution in [0.15, 0.2) is 4.79 Å². The van der Waals surface area contributed by atoms with Crippen molar-refractivity contribution >= 4 is 0 Å². The first kappa shape index (κ1) is 12.3. The van der Waals surface area contributed by atoms with Gasteiger partial charge in [0, 0.05) is 11.5 Å². The van der Waals surface area contributed by atoms with E-state index < -0.39 is 0 Å². The maximum atomic E-state index is 11.9. The van der Waals surface area contributed by atoms with E-state index >= 15 is 0 Å². The Morgan fingerprint density at radius 2 is 2.06 bits per heavy atom. The second-order valence-electron chi connectivity index (χ2n) is 4.89. The molecule has 4 nitrogen and oxygen atoms in total. The van der Waals surface area contributed by atoms with E-state index in [-0.39, 0.29) is 5.56 Å². The Hall–Kier alpha value is -1.16. The zero-order valence-electron chi connectivity index (χ0n) is 10.5. The fraction of sp³-hybridized carbons (Fsp3) is 0.692. The van der Waals surface area contributed by atoms with Gasteiger partial charge in [0.2, 0.25) is 0 Å². The summed E-state index contributed by atoms with van der Waals surface area (Å²) >= 11 is 0. The summed E-state index contributed by atoms with van der Waals surface area (Å²) in [6, 6.07) is 0. The Labute approximate surface area is 102 Å². The van der Waals surface area contributed by atoms with Gasteiger partial charge in [-0.25, -0.2) is 4.98 Å². The van der Waals surface area contributed by atoms with Crippen LogP contribution in [0.5, 0.6) is 0 Å². The van der Waals surface area contributed by atoms with Crippen LogP contribution in [0.4, 0.5) is 0 Å². The highest BCUT2D eigenvalue weighted by atomic mass is 16.1. The van der Waals surface area contributed by atoms with E-state index in [2.05, 4.69) is 9.97 Å². The zero-order valence-corrected chi connectivity index (χ0v) is 10.5. The molecule has 0 atom stereocenters. The third kappa shape index (κ3) is 2.75. The van der Waals surface area contributed by atoms with Crippen LogP contribution < -0.4 is 11.3 Å². The van der Waals surface area contributed by atoms with Crippen molar-refractivity contribution in [3.05, 3.63) is 27.4 Å². The van der Waals surface area contributed by atoms with Gasteiger partial charge in [0.25, 0.3) is 5.56 Å². The van der Waals surface area contributed by atoms with Crippen molar-refractivity contribution in [2.45, 2.75) is 51.4 Å². The fourth-order valence-electron chi connectivity index (χ4n) is 2.73. The Balaban J connectivity index is 2.38. The van der Waals surface area contributed by atoms with Crippen molar-refractivity contribution < 1.29 is 0 Å². The van der Waals surface area contributed by atoms with E-state index in [0.717, 1.165) is 29.9 Å². The summed E-state index contributed by atoms with van der Waals surface area (Å²) in [6.45, 7) is 2.35. The summed E-state index contributed by atoms with van der Waals surface area (Å²) in [7, 11) is 0. The first-order chi connectivity index (χ1) is 8.22. The molecule has 0 aliphatic heterocycles. The quantitative estimate of drug-likeness (QED) is 0.836. The van der Waals surface area contributed by atoms with Crippen molar-refractivity contribution in [3.63, 3.8) is 0 Å². The predicted octanol–water partition coefficient (Wildman–Crippen LogP) is 1.63.